The summed E-state index contributed by atoms with van der Waals surface area (Å²) < 4.78 is 12.4. The largest absolute Gasteiger partial charge is 0.490 e. The molecule has 0 heterocycles. The standard InChI is InChI=1S/C28H26BrClN2O3/c1-2-34-26-17-21(16-24(29)27(26)35-19-22-12-6-7-13-25(22)30)15-23(18-31)28(33)32-14-8-11-20-9-4-3-5-10-20/h3-7,9-10,12-13,15-17H,2,8,11,14,19H2,1H3,(H,32,33)/b23-15-. The molecule has 1 amide bonds. The monoisotopic (exact) mass is 552 g/mol. The fraction of sp³-hybridized carbons (Fsp3) is 0.214. The highest BCUT2D eigenvalue weighted by Crippen LogP contribution is 2.38. The molecule has 180 valence electrons. The van der Waals surface area contributed by atoms with Gasteiger partial charge in [-0.3, -0.25) is 4.79 Å². The number of benzene rings is 3. The van der Waals surface area contributed by atoms with E-state index in [1.807, 2.05) is 55.5 Å². The lowest BCUT2D eigenvalue weighted by Gasteiger charge is -2.15. The third-order valence-electron chi connectivity index (χ3n) is 5.11. The molecule has 0 fully saturated rings. The Bertz CT molecular complexity index is 1220. The summed E-state index contributed by atoms with van der Waals surface area (Å²) in [5, 5.41) is 13.0. The number of nitriles is 1. The molecule has 3 rings (SSSR count). The van der Waals surface area contributed by atoms with Crippen molar-refractivity contribution in [1.82, 2.24) is 5.32 Å². The average Bonchev–Trinajstić information content (AvgIpc) is 2.86. The van der Waals surface area contributed by atoms with Crippen LogP contribution in [0.4, 0.5) is 0 Å². The van der Waals surface area contributed by atoms with Crippen molar-refractivity contribution in [3.63, 3.8) is 0 Å². The summed E-state index contributed by atoms with van der Waals surface area (Å²) in [5.41, 5.74) is 2.72. The molecule has 0 aromatic heterocycles. The van der Waals surface area contributed by atoms with E-state index in [9.17, 15) is 10.1 Å². The van der Waals surface area contributed by atoms with Gasteiger partial charge in [-0.25, -0.2) is 0 Å². The molecule has 0 spiro atoms. The lowest BCUT2D eigenvalue weighted by Crippen LogP contribution is -2.25. The lowest BCUT2D eigenvalue weighted by molar-refractivity contribution is -0.117. The normalized spacial score (nSPS) is 11.0. The summed E-state index contributed by atoms with van der Waals surface area (Å²) in [5.74, 6) is 0.613. The van der Waals surface area contributed by atoms with Crippen LogP contribution in [0, 0.1) is 11.3 Å². The Kier molecular flexibility index (Phi) is 10.2. The first-order valence-corrected chi connectivity index (χ1v) is 12.5. The minimum atomic E-state index is -0.409. The average molecular weight is 554 g/mol. The van der Waals surface area contributed by atoms with Crippen LogP contribution in [0.25, 0.3) is 6.08 Å². The molecule has 0 saturated heterocycles. The van der Waals surface area contributed by atoms with Gasteiger partial charge >= 0.3 is 0 Å². The van der Waals surface area contributed by atoms with Crippen molar-refractivity contribution < 1.29 is 14.3 Å². The van der Waals surface area contributed by atoms with Crippen LogP contribution in [0.3, 0.4) is 0 Å². The number of halogens is 2. The molecule has 3 aromatic carbocycles. The van der Waals surface area contributed by atoms with Gasteiger partial charge in [-0.2, -0.15) is 5.26 Å². The summed E-state index contributed by atoms with van der Waals surface area (Å²) in [7, 11) is 0. The van der Waals surface area contributed by atoms with Gasteiger partial charge < -0.3 is 14.8 Å². The van der Waals surface area contributed by atoms with Gasteiger partial charge in [0, 0.05) is 17.1 Å². The van der Waals surface area contributed by atoms with E-state index < -0.39 is 5.91 Å². The zero-order chi connectivity index (χ0) is 25.0. The Morgan fingerprint density at radius 2 is 1.86 bits per heavy atom. The van der Waals surface area contributed by atoms with Gasteiger partial charge in [-0.05, 0) is 71.1 Å². The summed E-state index contributed by atoms with van der Waals surface area (Å²) in [6, 6.07) is 23.0. The van der Waals surface area contributed by atoms with Crippen LogP contribution in [0.2, 0.25) is 5.02 Å². The van der Waals surface area contributed by atoms with E-state index in [0.29, 0.717) is 39.7 Å². The number of hydrogen-bond donors (Lipinski definition) is 1. The molecule has 0 aliphatic heterocycles. The fourth-order valence-corrected chi connectivity index (χ4v) is 4.15. The SMILES string of the molecule is CCOc1cc(/C=C(/C#N)C(=O)NCCCc2ccccc2)cc(Br)c1OCc1ccccc1Cl. The Morgan fingerprint density at radius 3 is 2.57 bits per heavy atom. The predicted molar refractivity (Wildman–Crippen MR) is 142 cm³/mol. The fourth-order valence-electron chi connectivity index (χ4n) is 3.39. The second-order valence-electron chi connectivity index (χ2n) is 7.66. The highest BCUT2D eigenvalue weighted by Gasteiger charge is 2.15. The highest BCUT2D eigenvalue weighted by molar-refractivity contribution is 9.10. The van der Waals surface area contributed by atoms with Crippen molar-refractivity contribution >= 4 is 39.5 Å². The lowest BCUT2D eigenvalue weighted by atomic mass is 10.1. The maximum Gasteiger partial charge on any atom is 0.261 e. The smallest absolute Gasteiger partial charge is 0.261 e. The Balaban J connectivity index is 1.69. The maximum atomic E-state index is 12.6. The Morgan fingerprint density at radius 1 is 1.11 bits per heavy atom. The van der Waals surface area contributed by atoms with Gasteiger partial charge in [0.05, 0.1) is 11.1 Å². The summed E-state index contributed by atoms with van der Waals surface area (Å²) in [4.78, 5) is 12.6. The molecule has 0 aliphatic rings. The number of amides is 1. The van der Waals surface area contributed by atoms with Crippen molar-refractivity contribution in [2.45, 2.75) is 26.4 Å². The topological polar surface area (TPSA) is 71.3 Å². The molecule has 7 heteroatoms. The molecular formula is C28H26BrClN2O3. The number of nitrogens with zero attached hydrogens (tertiary/aromatic N) is 1. The molecule has 0 bridgehead atoms. The van der Waals surface area contributed by atoms with E-state index in [-0.39, 0.29) is 12.2 Å². The van der Waals surface area contributed by atoms with Crippen LogP contribution in [0.15, 0.2) is 76.8 Å². The predicted octanol–water partition coefficient (Wildman–Crippen LogP) is 6.74. The van der Waals surface area contributed by atoms with Crippen molar-refractivity contribution in [3.8, 4) is 17.6 Å². The third kappa shape index (κ3) is 7.88. The number of aryl methyl sites for hydroxylation is 1. The second kappa shape index (κ2) is 13.6. The van der Waals surface area contributed by atoms with E-state index in [1.54, 1.807) is 12.1 Å². The minimum Gasteiger partial charge on any atom is -0.490 e. The molecule has 3 aromatic rings. The number of carbonyl (C=O) groups is 1. The molecule has 0 radical (unpaired) electrons. The molecule has 5 nitrogen and oxygen atoms in total. The number of ether oxygens (including phenoxy) is 2. The zero-order valence-corrected chi connectivity index (χ0v) is 21.7. The van der Waals surface area contributed by atoms with Crippen molar-refractivity contribution in [2.24, 2.45) is 0 Å². The van der Waals surface area contributed by atoms with Crippen LogP contribution < -0.4 is 14.8 Å². The molecule has 0 unspecified atom stereocenters. The molecule has 1 N–H and O–H groups in total. The summed E-state index contributed by atoms with van der Waals surface area (Å²) in [6.45, 7) is 3.05. The van der Waals surface area contributed by atoms with Crippen molar-refractivity contribution in [1.29, 1.82) is 5.26 Å². The van der Waals surface area contributed by atoms with E-state index in [2.05, 4.69) is 33.4 Å². The summed E-state index contributed by atoms with van der Waals surface area (Å²) in [6.07, 6.45) is 3.18. The van der Waals surface area contributed by atoms with Crippen LogP contribution in [0.5, 0.6) is 11.5 Å². The number of hydrogen-bond acceptors (Lipinski definition) is 4. The molecule has 35 heavy (non-hydrogen) atoms. The van der Waals surface area contributed by atoms with Gasteiger partial charge in [0.1, 0.15) is 18.2 Å². The van der Waals surface area contributed by atoms with Gasteiger partial charge in [0.25, 0.3) is 5.91 Å². The molecule has 0 aliphatic carbocycles. The van der Waals surface area contributed by atoms with Gasteiger partial charge in [-0.15, -0.1) is 0 Å². The van der Waals surface area contributed by atoms with Crippen LogP contribution in [-0.2, 0) is 17.8 Å². The Hall–Kier alpha value is -3.27. The van der Waals surface area contributed by atoms with Crippen LogP contribution >= 0.6 is 27.5 Å². The number of nitrogens with one attached hydrogen (secondary N) is 1. The van der Waals surface area contributed by atoms with E-state index in [0.717, 1.165) is 18.4 Å². The molecule has 0 saturated carbocycles. The van der Waals surface area contributed by atoms with Crippen LogP contribution in [-0.4, -0.2) is 19.1 Å². The van der Waals surface area contributed by atoms with Gasteiger partial charge in [0.15, 0.2) is 11.5 Å². The third-order valence-corrected chi connectivity index (χ3v) is 6.07. The van der Waals surface area contributed by atoms with Gasteiger partial charge in [0.2, 0.25) is 0 Å². The quantitative estimate of drug-likeness (QED) is 0.162. The number of rotatable bonds is 11. The van der Waals surface area contributed by atoms with Crippen molar-refractivity contribution in [3.05, 3.63) is 98.5 Å². The first-order chi connectivity index (χ1) is 17.0. The highest BCUT2D eigenvalue weighted by atomic mass is 79.9. The van der Waals surface area contributed by atoms with Gasteiger partial charge in [-0.1, -0.05) is 60.1 Å². The van der Waals surface area contributed by atoms with E-state index in [4.69, 9.17) is 21.1 Å². The van der Waals surface area contributed by atoms with E-state index >= 15 is 0 Å². The van der Waals surface area contributed by atoms with Crippen molar-refractivity contribution in [2.75, 3.05) is 13.2 Å². The molecular weight excluding hydrogens is 528 g/mol. The minimum absolute atomic E-state index is 0.0174. The summed E-state index contributed by atoms with van der Waals surface area (Å²) >= 11 is 9.77. The first-order valence-electron chi connectivity index (χ1n) is 11.3. The van der Waals surface area contributed by atoms with E-state index in [1.165, 1.54) is 11.6 Å². The second-order valence-corrected chi connectivity index (χ2v) is 8.92. The first kappa shape index (κ1) is 26.3. The van der Waals surface area contributed by atoms with Crippen LogP contribution in [0.1, 0.15) is 30.0 Å². The molecule has 0 atom stereocenters. The zero-order valence-electron chi connectivity index (χ0n) is 19.4. The Labute approximate surface area is 219 Å². The maximum absolute atomic E-state index is 12.6. The number of carbonyl (C=O) groups excluding carboxylic acids is 1.